The summed E-state index contributed by atoms with van der Waals surface area (Å²) in [6.45, 7) is 0.591. The van der Waals surface area contributed by atoms with Crippen LogP contribution in [0.25, 0.3) is 16.7 Å². The van der Waals surface area contributed by atoms with Gasteiger partial charge >= 0.3 is 0 Å². The van der Waals surface area contributed by atoms with Crippen LogP contribution in [0.3, 0.4) is 0 Å². The van der Waals surface area contributed by atoms with Gasteiger partial charge in [-0.25, -0.2) is 15.0 Å². The van der Waals surface area contributed by atoms with Crippen LogP contribution in [0, 0.1) is 5.92 Å². The zero-order chi connectivity index (χ0) is 23.5. The molecule has 2 aliphatic rings. The molecule has 0 unspecified atom stereocenters. The lowest BCUT2D eigenvalue weighted by atomic mass is 10.1. The lowest BCUT2D eigenvalue weighted by Crippen LogP contribution is -2.15. The molecule has 0 aliphatic heterocycles. The normalized spacial score (nSPS) is 19.3. The van der Waals surface area contributed by atoms with Crippen molar-refractivity contribution in [2.24, 2.45) is 5.92 Å². The minimum atomic E-state index is -0.0608. The Kier molecular flexibility index (Phi) is 4.67. The van der Waals surface area contributed by atoms with E-state index in [4.69, 9.17) is 16.6 Å². The van der Waals surface area contributed by atoms with Crippen molar-refractivity contribution in [3.8, 4) is 0 Å². The Balaban J connectivity index is 1.09. The van der Waals surface area contributed by atoms with Crippen molar-refractivity contribution < 1.29 is 4.79 Å². The molecule has 5 aromatic rings. The van der Waals surface area contributed by atoms with Gasteiger partial charge in [0, 0.05) is 29.4 Å². The first-order chi connectivity index (χ1) is 17.1. The summed E-state index contributed by atoms with van der Waals surface area (Å²) in [5, 5.41) is 3.69. The number of carbonyl (C=O) groups is 1. The van der Waals surface area contributed by atoms with Crippen LogP contribution < -0.4 is 5.32 Å². The number of anilines is 1. The average Bonchev–Trinajstić information content (AvgIpc) is 3.78. The number of carbonyl (C=O) groups excluding carboxylic acids is 1. The molecule has 0 spiro atoms. The van der Waals surface area contributed by atoms with E-state index in [1.165, 1.54) is 18.4 Å². The van der Waals surface area contributed by atoms with Gasteiger partial charge in [-0.1, -0.05) is 29.8 Å². The third-order valence-corrected chi connectivity index (χ3v) is 7.30. The molecule has 4 heterocycles. The number of hydrogen-bond donors (Lipinski definition) is 1. The van der Waals surface area contributed by atoms with Crippen molar-refractivity contribution in [3.05, 3.63) is 89.2 Å². The molecule has 7 nitrogen and oxygen atoms in total. The largest absolute Gasteiger partial charge is 0.324 e. The molecule has 8 heteroatoms. The predicted octanol–water partition coefficient (Wildman–Crippen LogP) is 5.40. The van der Waals surface area contributed by atoms with Crippen molar-refractivity contribution in [1.82, 2.24) is 23.9 Å². The number of fused-ring (bicyclic) bond motifs is 2. The molecule has 0 radical (unpaired) electrons. The smallest absolute Gasteiger partial charge is 0.229 e. The molecular weight excluding hydrogens is 460 g/mol. The molecule has 0 bridgehead atoms. The Morgan fingerprint density at radius 3 is 2.86 bits per heavy atom. The van der Waals surface area contributed by atoms with Crippen LogP contribution in [0.4, 0.5) is 5.82 Å². The van der Waals surface area contributed by atoms with Crippen molar-refractivity contribution in [2.75, 3.05) is 5.32 Å². The highest BCUT2D eigenvalue weighted by molar-refractivity contribution is 6.30. The molecule has 1 aromatic carbocycles. The van der Waals surface area contributed by atoms with Crippen LogP contribution in [0.2, 0.25) is 5.02 Å². The van der Waals surface area contributed by atoms with Gasteiger partial charge in [-0.05, 0) is 60.4 Å². The van der Waals surface area contributed by atoms with Crippen molar-refractivity contribution in [2.45, 2.75) is 37.6 Å². The lowest BCUT2D eigenvalue weighted by molar-refractivity contribution is -0.117. The predicted molar refractivity (Wildman–Crippen MR) is 135 cm³/mol. The van der Waals surface area contributed by atoms with Crippen LogP contribution >= 0.6 is 11.6 Å². The Morgan fingerprint density at radius 2 is 2.00 bits per heavy atom. The van der Waals surface area contributed by atoms with E-state index in [-0.39, 0.29) is 17.7 Å². The Labute approximate surface area is 206 Å². The fourth-order valence-electron chi connectivity index (χ4n) is 4.94. The molecule has 4 aromatic heterocycles. The Morgan fingerprint density at radius 1 is 1.09 bits per heavy atom. The monoisotopic (exact) mass is 482 g/mol. The van der Waals surface area contributed by atoms with Crippen LogP contribution in [-0.2, 0) is 11.3 Å². The van der Waals surface area contributed by atoms with Crippen LogP contribution in [0.1, 0.15) is 47.9 Å². The molecule has 2 atom stereocenters. The van der Waals surface area contributed by atoms with Crippen molar-refractivity contribution in [1.29, 1.82) is 0 Å². The summed E-state index contributed by atoms with van der Waals surface area (Å²) < 4.78 is 4.16. The molecular formula is C27H23ClN6O. The number of aromatic nitrogens is 5. The Bertz CT molecular complexity index is 1600. The molecule has 1 amide bonds. The second-order valence-corrected chi connectivity index (χ2v) is 10.1. The van der Waals surface area contributed by atoms with E-state index in [0.29, 0.717) is 23.3 Å². The zero-order valence-electron chi connectivity index (χ0n) is 18.9. The fraction of sp³-hybridized carbons (Fsp3) is 0.259. The summed E-state index contributed by atoms with van der Waals surface area (Å²) in [5.74, 6) is 1.37. The standard InChI is InChI=1S/C27H23ClN6O/c28-19-3-1-2-17(8-19)21-9-22(21)27(35)32-25-10-24-23(11-29-25)30-15-34(24)14-20-13-33-12-18(16-4-5-16)6-7-26(33)31-20/h1-3,6-8,10-13,15-16,21-22H,4-5,9,14H2,(H,29,32,35)/t21-,22+/m1/s1. The first kappa shape index (κ1) is 20.6. The van der Waals surface area contributed by atoms with E-state index in [9.17, 15) is 4.79 Å². The van der Waals surface area contributed by atoms with Gasteiger partial charge < -0.3 is 14.3 Å². The molecule has 2 fully saturated rings. The average molecular weight is 483 g/mol. The number of imidazole rings is 2. The van der Waals surface area contributed by atoms with E-state index in [1.807, 2.05) is 34.9 Å². The van der Waals surface area contributed by atoms with E-state index in [0.717, 1.165) is 34.4 Å². The molecule has 0 saturated heterocycles. The number of nitrogens with one attached hydrogen (secondary N) is 1. The van der Waals surface area contributed by atoms with E-state index >= 15 is 0 Å². The minimum absolute atomic E-state index is 0.0142. The van der Waals surface area contributed by atoms with E-state index < -0.39 is 0 Å². The highest BCUT2D eigenvalue weighted by Gasteiger charge is 2.44. The molecule has 7 rings (SSSR count). The number of benzene rings is 1. The number of pyridine rings is 2. The van der Waals surface area contributed by atoms with Gasteiger partial charge in [-0.3, -0.25) is 4.79 Å². The Hall–Kier alpha value is -3.71. The highest BCUT2D eigenvalue weighted by atomic mass is 35.5. The summed E-state index contributed by atoms with van der Waals surface area (Å²) >= 11 is 6.11. The SMILES string of the molecule is O=C(Nc1cc2c(cn1)ncn2Cc1cn2cc(C3CC3)ccc2n1)[C@H]1C[C@@H]1c1cccc(Cl)c1. The summed E-state index contributed by atoms with van der Waals surface area (Å²) in [7, 11) is 0. The van der Waals surface area contributed by atoms with Crippen molar-refractivity contribution in [3.63, 3.8) is 0 Å². The molecule has 2 aliphatic carbocycles. The van der Waals surface area contributed by atoms with Crippen LogP contribution in [-0.4, -0.2) is 29.8 Å². The minimum Gasteiger partial charge on any atom is -0.324 e. The first-order valence-electron chi connectivity index (χ1n) is 12.0. The van der Waals surface area contributed by atoms with Gasteiger partial charge in [-0.15, -0.1) is 0 Å². The third-order valence-electron chi connectivity index (χ3n) is 7.07. The maximum atomic E-state index is 12.9. The maximum Gasteiger partial charge on any atom is 0.229 e. The van der Waals surface area contributed by atoms with Gasteiger partial charge in [0.1, 0.15) is 17.0 Å². The second kappa shape index (κ2) is 7.92. The number of hydrogen-bond acceptors (Lipinski definition) is 4. The molecule has 2 saturated carbocycles. The fourth-order valence-corrected chi connectivity index (χ4v) is 5.13. The third kappa shape index (κ3) is 3.96. The maximum absolute atomic E-state index is 12.9. The quantitative estimate of drug-likeness (QED) is 0.351. The molecule has 174 valence electrons. The van der Waals surface area contributed by atoms with Crippen molar-refractivity contribution >= 4 is 40.0 Å². The number of rotatable bonds is 6. The van der Waals surface area contributed by atoms with Crippen LogP contribution in [0.15, 0.2) is 67.4 Å². The summed E-state index contributed by atoms with van der Waals surface area (Å²) in [5.41, 5.74) is 6.09. The molecule has 35 heavy (non-hydrogen) atoms. The van der Waals surface area contributed by atoms with Gasteiger partial charge in [0.05, 0.1) is 30.3 Å². The number of amides is 1. The summed E-state index contributed by atoms with van der Waals surface area (Å²) in [4.78, 5) is 26.5. The van der Waals surface area contributed by atoms with Gasteiger partial charge in [0.2, 0.25) is 5.91 Å². The highest BCUT2D eigenvalue weighted by Crippen LogP contribution is 2.48. The lowest BCUT2D eigenvalue weighted by Gasteiger charge is -2.06. The van der Waals surface area contributed by atoms with Gasteiger partial charge in [-0.2, -0.15) is 0 Å². The summed E-state index contributed by atoms with van der Waals surface area (Å²) in [6.07, 6.45) is 11.2. The van der Waals surface area contributed by atoms with E-state index in [2.05, 4.69) is 44.2 Å². The number of nitrogens with zero attached hydrogens (tertiary/aromatic N) is 5. The topological polar surface area (TPSA) is 77.1 Å². The van der Waals surface area contributed by atoms with Gasteiger partial charge in [0.25, 0.3) is 0 Å². The number of halogens is 1. The second-order valence-electron chi connectivity index (χ2n) is 9.66. The van der Waals surface area contributed by atoms with Gasteiger partial charge in [0.15, 0.2) is 0 Å². The zero-order valence-corrected chi connectivity index (χ0v) is 19.7. The summed E-state index contributed by atoms with van der Waals surface area (Å²) in [6, 6.07) is 13.9. The first-order valence-corrected chi connectivity index (χ1v) is 12.3. The van der Waals surface area contributed by atoms with Crippen LogP contribution in [0.5, 0.6) is 0 Å². The van der Waals surface area contributed by atoms with E-state index in [1.54, 1.807) is 12.5 Å². The molecule has 1 N–H and O–H groups in total.